The number of hydrogen-bond acceptors (Lipinski definition) is 4. The molecule has 1 aromatic rings. The van der Waals surface area contributed by atoms with E-state index in [2.05, 4.69) is 40.7 Å². The van der Waals surface area contributed by atoms with Crippen LogP contribution in [-0.4, -0.2) is 23.3 Å². The lowest BCUT2D eigenvalue weighted by atomic mass is 9.82. The fourth-order valence-electron chi connectivity index (χ4n) is 5.39. The van der Waals surface area contributed by atoms with Gasteiger partial charge in [-0.25, -0.2) is 0 Å². The van der Waals surface area contributed by atoms with Crippen LogP contribution in [0.1, 0.15) is 139 Å². The zero-order valence-electron chi connectivity index (χ0n) is 23.5. The summed E-state index contributed by atoms with van der Waals surface area (Å²) < 4.78 is 13.2. The minimum absolute atomic E-state index is 0.114. The van der Waals surface area contributed by atoms with E-state index < -0.39 is 5.97 Å². The molecular formula is C31H49NO4. The number of unbranched alkanes of at least 4 members (excludes halogenated alkanes) is 9. The largest absolute Gasteiger partial charge is 0.493 e. The van der Waals surface area contributed by atoms with Crippen molar-refractivity contribution in [2.75, 3.05) is 6.61 Å². The predicted octanol–water partition coefficient (Wildman–Crippen LogP) is 8.57. The maximum atomic E-state index is 10.7. The van der Waals surface area contributed by atoms with Crippen LogP contribution in [0.15, 0.2) is 0 Å². The highest BCUT2D eigenvalue weighted by molar-refractivity contribution is 5.66. The average Bonchev–Trinajstić information content (AvgIpc) is 2.83. The Kier molecular flexibility index (Phi) is 12.6. The summed E-state index contributed by atoms with van der Waals surface area (Å²) >= 11 is 0. The second-order valence-electron chi connectivity index (χ2n) is 11.2. The number of nitriles is 1. The summed E-state index contributed by atoms with van der Waals surface area (Å²) in [6.45, 7) is 11.8. The molecule has 2 rings (SSSR count). The number of carbonyl (C=O) groups is 1. The molecule has 1 N–H and O–H groups in total. The lowest BCUT2D eigenvalue weighted by Gasteiger charge is -2.39. The Hall–Kier alpha value is -2.22. The van der Waals surface area contributed by atoms with E-state index in [-0.39, 0.29) is 12.0 Å². The first-order valence-corrected chi connectivity index (χ1v) is 14.3. The molecule has 1 aromatic carbocycles. The van der Waals surface area contributed by atoms with E-state index in [1.54, 1.807) is 0 Å². The number of rotatable bonds is 17. The molecule has 5 heteroatoms. The molecule has 5 nitrogen and oxygen atoms in total. The highest BCUT2D eigenvalue weighted by Crippen LogP contribution is 2.47. The Morgan fingerprint density at radius 1 is 1.03 bits per heavy atom. The van der Waals surface area contributed by atoms with Gasteiger partial charge in [0.1, 0.15) is 17.1 Å². The van der Waals surface area contributed by atoms with Crippen molar-refractivity contribution >= 4 is 5.97 Å². The van der Waals surface area contributed by atoms with Gasteiger partial charge in [-0.2, -0.15) is 5.26 Å². The summed E-state index contributed by atoms with van der Waals surface area (Å²) in [5, 5.41) is 17.4. The summed E-state index contributed by atoms with van der Waals surface area (Å²) in [5.74, 6) is 1.77. The maximum absolute atomic E-state index is 10.7. The molecule has 0 amide bonds. The highest BCUT2D eigenvalue weighted by atomic mass is 16.5. The molecule has 0 radical (unpaired) electrons. The smallest absolute Gasteiger partial charge is 0.303 e. The lowest BCUT2D eigenvalue weighted by molar-refractivity contribution is -0.137. The molecule has 1 unspecified atom stereocenters. The molecule has 0 fully saturated rings. The van der Waals surface area contributed by atoms with E-state index in [1.807, 2.05) is 0 Å². The topological polar surface area (TPSA) is 79.6 Å². The fourth-order valence-corrected chi connectivity index (χ4v) is 5.39. The maximum Gasteiger partial charge on any atom is 0.303 e. The monoisotopic (exact) mass is 499 g/mol. The van der Waals surface area contributed by atoms with Gasteiger partial charge in [0, 0.05) is 24.0 Å². The van der Waals surface area contributed by atoms with Crippen molar-refractivity contribution in [3.63, 3.8) is 0 Å². The number of fused-ring (bicyclic) bond motifs is 1. The van der Waals surface area contributed by atoms with Crippen LogP contribution in [0.2, 0.25) is 0 Å². The van der Waals surface area contributed by atoms with E-state index in [0.717, 1.165) is 62.9 Å². The van der Waals surface area contributed by atoms with E-state index in [9.17, 15) is 4.79 Å². The van der Waals surface area contributed by atoms with Crippen LogP contribution < -0.4 is 9.47 Å². The molecule has 1 aliphatic rings. The van der Waals surface area contributed by atoms with Crippen LogP contribution in [0, 0.1) is 25.2 Å². The van der Waals surface area contributed by atoms with Crippen molar-refractivity contribution in [3.8, 4) is 17.6 Å². The Morgan fingerprint density at radius 3 is 2.33 bits per heavy atom. The van der Waals surface area contributed by atoms with Gasteiger partial charge in [-0.1, -0.05) is 52.4 Å². The molecule has 1 atom stereocenters. The van der Waals surface area contributed by atoms with Crippen molar-refractivity contribution < 1.29 is 19.4 Å². The number of benzene rings is 1. The van der Waals surface area contributed by atoms with Gasteiger partial charge in [-0.15, -0.1) is 0 Å². The average molecular weight is 500 g/mol. The molecule has 0 saturated carbocycles. The van der Waals surface area contributed by atoms with Gasteiger partial charge in [0.25, 0.3) is 0 Å². The number of aliphatic carboxylic acids is 1. The molecule has 202 valence electrons. The second kappa shape index (κ2) is 15.1. The summed E-state index contributed by atoms with van der Waals surface area (Å²) in [6, 6.07) is 2.23. The number of hydrogen-bond donors (Lipinski definition) is 1. The van der Waals surface area contributed by atoms with Crippen LogP contribution in [0.25, 0.3) is 0 Å². The molecule has 1 aliphatic heterocycles. The number of nitrogens with zero attached hydrogens (tertiary/aromatic N) is 1. The second-order valence-corrected chi connectivity index (χ2v) is 11.2. The Bertz CT molecular complexity index is 886. The molecular weight excluding hydrogens is 450 g/mol. The Balaban J connectivity index is 1.98. The van der Waals surface area contributed by atoms with Crippen LogP contribution >= 0.6 is 0 Å². The first-order valence-electron chi connectivity index (χ1n) is 14.3. The van der Waals surface area contributed by atoms with E-state index in [4.69, 9.17) is 19.8 Å². The van der Waals surface area contributed by atoms with Gasteiger partial charge in [-0.3, -0.25) is 4.79 Å². The summed E-state index contributed by atoms with van der Waals surface area (Å²) in [4.78, 5) is 10.7. The Labute approximate surface area is 219 Å². The van der Waals surface area contributed by atoms with Crippen molar-refractivity contribution in [2.24, 2.45) is 0 Å². The zero-order valence-corrected chi connectivity index (χ0v) is 23.5. The summed E-state index contributed by atoms with van der Waals surface area (Å²) in [7, 11) is 0. The summed E-state index contributed by atoms with van der Waals surface area (Å²) in [6.07, 6.45) is 14.8. The number of carboxylic acids is 1. The van der Waals surface area contributed by atoms with Gasteiger partial charge >= 0.3 is 5.97 Å². The van der Waals surface area contributed by atoms with E-state index in [0.29, 0.717) is 18.9 Å². The number of carboxylic acid groups (broad SMARTS) is 1. The van der Waals surface area contributed by atoms with Gasteiger partial charge in [0.2, 0.25) is 0 Å². The van der Waals surface area contributed by atoms with Gasteiger partial charge in [-0.05, 0) is 82.8 Å². The van der Waals surface area contributed by atoms with Gasteiger partial charge in [0.05, 0.1) is 12.7 Å². The molecule has 0 aromatic heterocycles. The molecule has 0 saturated heterocycles. The highest BCUT2D eigenvalue weighted by Gasteiger charge is 2.35. The minimum Gasteiger partial charge on any atom is -0.493 e. The molecule has 36 heavy (non-hydrogen) atoms. The van der Waals surface area contributed by atoms with Crippen molar-refractivity contribution in [1.82, 2.24) is 0 Å². The quantitative estimate of drug-likeness (QED) is 0.217. The first kappa shape index (κ1) is 30.0. The van der Waals surface area contributed by atoms with Gasteiger partial charge < -0.3 is 14.6 Å². The van der Waals surface area contributed by atoms with E-state index >= 15 is 0 Å². The van der Waals surface area contributed by atoms with Crippen LogP contribution in [-0.2, 0) is 11.2 Å². The van der Waals surface area contributed by atoms with Gasteiger partial charge in [0.15, 0.2) is 0 Å². The van der Waals surface area contributed by atoms with Crippen LogP contribution in [0.3, 0.4) is 0 Å². The van der Waals surface area contributed by atoms with Crippen molar-refractivity contribution in [2.45, 2.75) is 142 Å². The Morgan fingerprint density at radius 2 is 1.67 bits per heavy atom. The molecule has 1 heterocycles. The first-order chi connectivity index (χ1) is 17.2. The standard InChI is InChI=1S/C31H49NO4/c1-23(2)28-26-18-20-31(5,19-14-10-7-6-8-11-15-21-32)36-29(26)24(3)25(4)30(28)35-22-16-12-9-13-17-27(33)34/h23H,6-20,22H2,1-5H3,(H,33,34). The zero-order chi connectivity index (χ0) is 26.6. The van der Waals surface area contributed by atoms with Crippen molar-refractivity contribution in [1.29, 1.82) is 5.26 Å². The fraction of sp³-hybridized carbons (Fsp3) is 0.742. The number of ether oxygens (including phenoxy) is 2. The third-order valence-corrected chi connectivity index (χ3v) is 7.69. The van der Waals surface area contributed by atoms with E-state index in [1.165, 1.54) is 54.4 Å². The molecule has 0 aliphatic carbocycles. The summed E-state index contributed by atoms with van der Waals surface area (Å²) in [5.41, 5.74) is 4.91. The molecule has 0 spiro atoms. The third-order valence-electron chi connectivity index (χ3n) is 7.69. The lowest BCUT2D eigenvalue weighted by Crippen LogP contribution is -2.37. The third kappa shape index (κ3) is 9.02. The molecule has 0 bridgehead atoms. The minimum atomic E-state index is -0.713. The predicted molar refractivity (Wildman–Crippen MR) is 146 cm³/mol. The van der Waals surface area contributed by atoms with Crippen LogP contribution in [0.4, 0.5) is 0 Å². The van der Waals surface area contributed by atoms with Crippen molar-refractivity contribution in [3.05, 3.63) is 22.3 Å². The van der Waals surface area contributed by atoms with Crippen LogP contribution in [0.5, 0.6) is 11.5 Å². The SMILES string of the molecule is Cc1c(C)c(OCCCCCCC(=O)O)c(C(C)C)c2c1OC(C)(CCCCCCCCC#N)CC2. The normalized spacial score (nSPS) is 16.9.